The highest BCUT2D eigenvalue weighted by Gasteiger charge is 2.31. The van der Waals surface area contributed by atoms with E-state index in [0.29, 0.717) is 24.1 Å². The Kier molecular flexibility index (Phi) is 4.65. The first-order valence-electron chi connectivity index (χ1n) is 8.02. The lowest BCUT2D eigenvalue weighted by Gasteiger charge is -2.30. The van der Waals surface area contributed by atoms with Crippen LogP contribution in [-0.2, 0) is 17.8 Å². The number of nitrogens with zero attached hydrogens (tertiary/aromatic N) is 3. The third kappa shape index (κ3) is 4.12. The lowest BCUT2D eigenvalue weighted by Crippen LogP contribution is -2.29. The largest absolute Gasteiger partial charge is 0.444 e. The van der Waals surface area contributed by atoms with E-state index >= 15 is 0 Å². The van der Waals surface area contributed by atoms with Crippen LogP contribution in [0.4, 0.5) is 10.7 Å². The van der Waals surface area contributed by atoms with Gasteiger partial charge in [0.25, 0.3) is 0 Å². The molecular weight excluding hydrogens is 320 g/mol. The summed E-state index contributed by atoms with van der Waals surface area (Å²) in [5.74, 6) is 0.173. The third-order valence-corrected chi connectivity index (χ3v) is 4.02. The van der Waals surface area contributed by atoms with Crippen LogP contribution in [0.2, 0.25) is 0 Å². The molecule has 0 fully saturated rings. The summed E-state index contributed by atoms with van der Waals surface area (Å²) in [6, 6.07) is 9.41. The fraction of sp³-hybridized carbons (Fsp3) is 0.333. The zero-order valence-corrected chi connectivity index (χ0v) is 14.2. The number of amides is 1. The molecule has 1 aliphatic carbocycles. The summed E-state index contributed by atoms with van der Waals surface area (Å²) in [5, 5.41) is 15.1. The number of ether oxygens (including phenoxy) is 1. The Balaban J connectivity index is 1.69. The van der Waals surface area contributed by atoms with E-state index in [1.165, 1.54) is 0 Å². The van der Waals surface area contributed by atoms with E-state index in [4.69, 9.17) is 4.74 Å². The van der Waals surface area contributed by atoms with Gasteiger partial charge >= 0.3 is 6.09 Å². The van der Waals surface area contributed by atoms with Crippen LogP contribution >= 0.6 is 0 Å². The van der Waals surface area contributed by atoms with Crippen LogP contribution in [0, 0.1) is 5.41 Å². The number of rotatable bonds is 3. The summed E-state index contributed by atoms with van der Waals surface area (Å²) in [5.41, 5.74) is 2.84. The van der Waals surface area contributed by atoms with E-state index in [0.717, 1.165) is 11.3 Å². The SMILES string of the molecule is CC1(C)C/C(=N\O)c2cnc(NC(=O)OCc3ccccc3)nc2C1. The summed E-state index contributed by atoms with van der Waals surface area (Å²) >= 11 is 0. The number of benzene rings is 1. The smallest absolute Gasteiger partial charge is 0.414 e. The van der Waals surface area contributed by atoms with Gasteiger partial charge in [0, 0.05) is 11.8 Å². The second-order valence-electron chi connectivity index (χ2n) is 6.81. The van der Waals surface area contributed by atoms with Gasteiger partial charge in [0.15, 0.2) is 0 Å². The van der Waals surface area contributed by atoms with Gasteiger partial charge in [-0.25, -0.2) is 14.8 Å². The zero-order chi connectivity index (χ0) is 17.9. The van der Waals surface area contributed by atoms with E-state index in [2.05, 4.69) is 34.3 Å². The van der Waals surface area contributed by atoms with Gasteiger partial charge in [-0.05, 0) is 23.8 Å². The van der Waals surface area contributed by atoms with Gasteiger partial charge in [-0.3, -0.25) is 5.32 Å². The Morgan fingerprint density at radius 1 is 1.32 bits per heavy atom. The minimum Gasteiger partial charge on any atom is -0.444 e. The molecule has 130 valence electrons. The number of carbonyl (C=O) groups excluding carboxylic acids is 1. The molecule has 1 aromatic heterocycles. The number of nitrogens with one attached hydrogen (secondary N) is 1. The van der Waals surface area contributed by atoms with Crippen molar-refractivity contribution in [2.45, 2.75) is 33.3 Å². The van der Waals surface area contributed by atoms with E-state index in [-0.39, 0.29) is 18.0 Å². The standard InChI is InChI=1S/C18H20N4O3/c1-18(2)8-14-13(15(9-18)22-24)10-19-16(20-14)21-17(23)25-11-12-6-4-3-5-7-12/h3-7,10,24H,8-9,11H2,1-2H3,(H,19,20,21,23)/b22-15+. The maximum atomic E-state index is 11.9. The molecule has 1 heterocycles. The third-order valence-electron chi connectivity index (χ3n) is 4.02. The molecule has 2 aromatic rings. The molecule has 1 amide bonds. The van der Waals surface area contributed by atoms with Gasteiger partial charge in [-0.2, -0.15) is 0 Å². The van der Waals surface area contributed by atoms with Crippen molar-refractivity contribution >= 4 is 17.8 Å². The fourth-order valence-corrected chi connectivity index (χ4v) is 2.86. The molecule has 0 atom stereocenters. The van der Waals surface area contributed by atoms with Gasteiger partial charge in [-0.15, -0.1) is 0 Å². The van der Waals surface area contributed by atoms with Crippen LogP contribution in [0.1, 0.15) is 37.1 Å². The molecule has 0 spiro atoms. The fourth-order valence-electron chi connectivity index (χ4n) is 2.86. The summed E-state index contributed by atoms with van der Waals surface area (Å²) in [6.07, 6.45) is 2.30. The molecule has 25 heavy (non-hydrogen) atoms. The van der Waals surface area contributed by atoms with Crippen molar-refractivity contribution < 1.29 is 14.7 Å². The Morgan fingerprint density at radius 3 is 2.80 bits per heavy atom. The van der Waals surface area contributed by atoms with Crippen LogP contribution < -0.4 is 5.32 Å². The van der Waals surface area contributed by atoms with E-state index in [9.17, 15) is 10.0 Å². The molecule has 3 rings (SSSR count). The van der Waals surface area contributed by atoms with E-state index in [1.54, 1.807) is 6.20 Å². The Hall–Kier alpha value is -2.96. The topological polar surface area (TPSA) is 96.7 Å². The van der Waals surface area contributed by atoms with Crippen molar-refractivity contribution in [3.05, 3.63) is 53.3 Å². The highest BCUT2D eigenvalue weighted by Crippen LogP contribution is 2.34. The van der Waals surface area contributed by atoms with Crippen molar-refractivity contribution in [2.75, 3.05) is 5.32 Å². The van der Waals surface area contributed by atoms with E-state index < -0.39 is 6.09 Å². The molecule has 1 aromatic carbocycles. The number of anilines is 1. The van der Waals surface area contributed by atoms with Crippen LogP contribution in [0.15, 0.2) is 41.7 Å². The molecule has 0 aliphatic heterocycles. The summed E-state index contributed by atoms with van der Waals surface area (Å²) in [7, 11) is 0. The second kappa shape index (κ2) is 6.88. The summed E-state index contributed by atoms with van der Waals surface area (Å²) in [6.45, 7) is 4.32. The number of aromatic nitrogens is 2. The average Bonchev–Trinajstić information content (AvgIpc) is 2.59. The minimum absolute atomic E-state index is 0.0754. The quantitative estimate of drug-likeness (QED) is 0.659. The first-order valence-corrected chi connectivity index (χ1v) is 8.02. The second-order valence-corrected chi connectivity index (χ2v) is 6.81. The van der Waals surface area contributed by atoms with Crippen molar-refractivity contribution in [1.29, 1.82) is 0 Å². The molecule has 1 aliphatic rings. The number of carbonyl (C=O) groups is 1. The maximum absolute atomic E-state index is 11.9. The first-order chi connectivity index (χ1) is 12.0. The van der Waals surface area contributed by atoms with Gasteiger partial charge in [0.05, 0.1) is 11.4 Å². The number of fused-ring (bicyclic) bond motifs is 1. The van der Waals surface area contributed by atoms with Crippen molar-refractivity contribution in [1.82, 2.24) is 9.97 Å². The predicted molar refractivity (Wildman–Crippen MR) is 92.7 cm³/mol. The highest BCUT2D eigenvalue weighted by molar-refractivity contribution is 6.02. The van der Waals surface area contributed by atoms with Gasteiger partial charge < -0.3 is 9.94 Å². The van der Waals surface area contributed by atoms with Gasteiger partial charge in [0.1, 0.15) is 6.61 Å². The lowest BCUT2D eigenvalue weighted by molar-refractivity contribution is 0.155. The Labute approximate surface area is 145 Å². The number of hydrogen-bond acceptors (Lipinski definition) is 6. The van der Waals surface area contributed by atoms with Crippen LogP contribution in [0.25, 0.3) is 0 Å². The molecule has 2 N–H and O–H groups in total. The lowest BCUT2D eigenvalue weighted by atomic mass is 9.76. The highest BCUT2D eigenvalue weighted by atomic mass is 16.5. The number of hydrogen-bond donors (Lipinski definition) is 2. The predicted octanol–water partition coefficient (Wildman–Crippen LogP) is 3.38. The van der Waals surface area contributed by atoms with Crippen LogP contribution in [-0.4, -0.2) is 27.0 Å². The molecule has 0 saturated carbocycles. The number of oxime groups is 1. The maximum Gasteiger partial charge on any atom is 0.414 e. The Morgan fingerprint density at radius 2 is 2.08 bits per heavy atom. The van der Waals surface area contributed by atoms with Gasteiger partial charge in [-0.1, -0.05) is 49.3 Å². The van der Waals surface area contributed by atoms with Crippen molar-refractivity contribution in [3.63, 3.8) is 0 Å². The molecule has 0 saturated heterocycles. The van der Waals surface area contributed by atoms with E-state index in [1.807, 2.05) is 30.3 Å². The average molecular weight is 340 g/mol. The minimum atomic E-state index is -0.616. The van der Waals surface area contributed by atoms with Crippen molar-refractivity contribution in [2.24, 2.45) is 10.6 Å². The van der Waals surface area contributed by atoms with Crippen LogP contribution in [0.5, 0.6) is 0 Å². The molecule has 0 radical (unpaired) electrons. The normalized spacial score (nSPS) is 17.0. The summed E-state index contributed by atoms with van der Waals surface area (Å²) < 4.78 is 5.17. The molecule has 0 unspecified atom stereocenters. The van der Waals surface area contributed by atoms with Gasteiger partial charge in [0.2, 0.25) is 5.95 Å². The Bertz CT molecular complexity index is 803. The van der Waals surface area contributed by atoms with Crippen LogP contribution in [0.3, 0.4) is 0 Å². The molecule has 7 nitrogen and oxygen atoms in total. The molecule has 7 heteroatoms. The summed E-state index contributed by atoms with van der Waals surface area (Å²) in [4.78, 5) is 20.4. The molecular formula is C18H20N4O3. The first kappa shape index (κ1) is 16.9. The molecule has 0 bridgehead atoms. The van der Waals surface area contributed by atoms with Crippen molar-refractivity contribution in [3.8, 4) is 0 Å². The zero-order valence-electron chi connectivity index (χ0n) is 14.2. The monoisotopic (exact) mass is 340 g/mol.